The maximum Gasteiger partial charge on any atom is 0.243 e. The maximum absolute atomic E-state index is 12.5. The smallest absolute Gasteiger partial charge is 0.243 e. The van der Waals surface area contributed by atoms with Crippen molar-refractivity contribution in [3.8, 4) is 0 Å². The Balaban J connectivity index is 1.88. The molecule has 0 aliphatic carbocycles. The summed E-state index contributed by atoms with van der Waals surface area (Å²) in [7, 11) is 0. The molecule has 0 saturated carbocycles. The van der Waals surface area contributed by atoms with Crippen molar-refractivity contribution in [2.45, 2.75) is 25.3 Å². The van der Waals surface area contributed by atoms with Gasteiger partial charge in [-0.25, -0.2) is 5.01 Å². The van der Waals surface area contributed by atoms with Crippen LogP contribution in [0.1, 0.15) is 36.4 Å². The Morgan fingerprint density at radius 1 is 1.08 bits per heavy atom. The summed E-state index contributed by atoms with van der Waals surface area (Å²) >= 11 is 3.41. The van der Waals surface area contributed by atoms with E-state index in [0.717, 1.165) is 21.3 Å². The van der Waals surface area contributed by atoms with Crippen LogP contribution in [0, 0.1) is 0 Å². The molecule has 1 aliphatic rings. The first-order valence-electron chi connectivity index (χ1n) is 7.95. The molecule has 0 unspecified atom stereocenters. The molecule has 0 bridgehead atoms. The molecule has 3 rings (SSSR count). The lowest BCUT2D eigenvalue weighted by Crippen LogP contribution is -2.29. The number of hydrazone groups is 1. The first-order valence-corrected chi connectivity index (χ1v) is 8.74. The number of carbonyl (C=O) groups is 2. The van der Waals surface area contributed by atoms with Gasteiger partial charge in [0, 0.05) is 23.3 Å². The molecule has 0 radical (unpaired) electrons. The van der Waals surface area contributed by atoms with E-state index in [1.807, 2.05) is 54.6 Å². The number of nitrogens with zero attached hydrogens (tertiary/aromatic N) is 2. The number of rotatable bonds is 5. The van der Waals surface area contributed by atoms with Crippen LogP contribution >= 0.6 is 15.9 Å². The van der Waals surface area contributed by atoms with Gasteiger partial charge in [0.15, 0.2) is 0 Å². The van der Waals surface area contributed by atoms with Crippen molar-refractivity contribution < 1.29 is 14.7 Å². The normalized spacial score (nSPS) is 16.6. The molecule has 1 amide bonds. The molecule has 1 heterocycles. The van der Waals surface area contributed by atoms with Gasteiger partial charge in [-0.2, -0.15) is 5.10 Å². The van der Waals surface area contributed by atoms with Crippen LogP contribution in [0.25, 0.3) is 0 Å². The molecule has 0 spiro atoms. The average Bonchev–Trinajstić information content (AvgIpc) is 3.06. The summed E-state index contributed by atoms with van der Waals surface area (Å²) in [5, 5.41) is 16.6. The lowest BCUT2D eigenvalue weighted by Gasteiger charge is -2.22. The zero-order chi connectivity index (χ0) is 17.8. The molecular formula is C19H16BrN2O3-. The monoisotopic (exact) mass is 399 g/mol. The number of hydrogen-bond donors (Lipinski definition) is 0. The Bertz CT molecular complexity index is 803. The number of carbonyl (C=O) groups excluding carboxylic acids is 2. The largest absolute Gasteiger partial charge is 0.550 e. The van der Waals surface area contributed by atoms with E-state index in [4.69, 9.17) is 0 Å². The summed E-state index contributed by atoms with van der Waals surface area (Å²) in [4.78, 5) is 23.2. The Morgan fingerprint density at radius 2 is 1.76 bits per heavy atom. The minimum atomic E-state index is -1.24. The number of hydrogen-bond acceptors (Lipinski definition) is 4. The zero-order valence-corrected chi connectivity index (χ0v) is 15.0. The van der Waals surface area contributed by atoms with E-state index in [9.17, 15) is 14.7 Å². The van der Waals surface area contributed by atoms with Gasteiger partial charge in [-0.05, 0) is 29.7 Å². The molecule has 0 fully saturated rings. The molecule has 0 N–H and O–H groups in total. The second-order valence-corrected chi connectivity index (χ2v) is 6.71. The second kappa shape index (κ2) is 7.61. The van der Waals surface area contributed by atoms with Gasteiger partial charge in [0.25, 0.3) is 0 Å². The van der Waals surface area contributed by atoms with Crippen molar-refractivity contribution >= 4 is 33.5 Å². The highest BCUT2D eigenvalue weighted by atomic mass is 79.9. The Labute approximate surface area is 154 Å². The van der Waals surface area contributed by atoms with E-state index in [2.05, 4.69) is 21.0 Å². The number of carboxylic acids is 1. The van der Waals surface area contributed by atoms with E-state index in [1.165, 1.54) is 5.01 Å². The van der Waals surface area contributed by atoms with Crippen molar-refractivity contribution in [1.82, 2.24) is 5.01 Å². The molecule has 1 atom stereocenters. The summed E-state index contributed by atoms with van der Waals surface area (Å²) in [6.45, 7) is 0. The first-order chi connectivity index (χ1) is 12.0. The number of amides is 1. The lowest BCUT2D eigenvalue weighted by molar-refractivity contribution is -0.305. The number of halogens is 1. The predicted molar refractivity (Wildman–Crippen MR) is 95.6 cm³/mol. The van der Waals surface area contributed by atoms with E-state index < -0.39 is 5.97 Å². The minimum Gasteiger partial charge on any atom is -0.550 e. The Hall–Kier alpha value is -2.47. The molecular weight excluding hydrogens is 384 g/mol. The number of carboxylic acid groups (broad SMARTS) is 1. The standard InChI is InChI=1S/C19H17BrN2O3/c20-15-8-6-13(7-9-15)16-12-17(14-4-2-1-3-5-14)22(21-16)18(23)10-11-19(24)25/h1-9,17H,10-12H2,(H,24,25)/p-1/t17-/m0/s1. The van der Waals surface area contributed by atoms with Gasteiger partial charge in [0.05, 0.1) is 11.8 Å². The highest BCUT2D eigenvalue weighted by Crippen LogP contribution is 2.33. The fraction of sp³-hybridized carbons (Fsp3) is 0.211. The van der Waals surface area contributed by atoms with Crippen molar-refractivity contribution in [2.24, 2.45) is 5.10 Å². The van der Waals surface area contributed by atoms with Crippen LogP contribution in [-0.4, -0.2) is 22.6 Å². The van der Waals surface area contributed by atoms with Crippen molar-refractivity contribution in [3.63, 3.8) is 0 Å². The van der Waals surface area contributed by atoms with Gasteiger partial charge in [-0.3, -0.25) is 4.79 Å². The van der Waals surface area contributed by atoms with Gasteiger partial charge in [0.1, 0.15) is 0 Å². The molecule has 0 saturated heterocycles. The van der Waals surface area contributed by atoms with Gasteiger partial charge in [-0.1, -0.05) is 58.4 Å². The topological polar surface area (TPSA) is 72.8 Å². The number of aliphatic carboxylic acids is 1. The molecule has 6 heteroatoms. The predicted octanol–water partition coefficient (Wildman–Crippen LogP) is 2.66. The third kappa shape index (κ3) is 4.14. The quantitative estimate of drug-likeness (QED) is 0.775. The first kappa shape index (κ1) is 17.4. The van der Waals surface area contributed by atoms with E-state index >= 15 is 0 Å². The van der Waals surface area contributed by atoms with Crippen LogP contribution in [0.2, 0.25) is 0 Å². The highest BCUT2D eigenvalue weighted by Gasteiger charge is 2.32. The third-order valence-electron chi connectivity index (χ3n) is 4.07. The van der Waals surface area contributed by atoms with E-state index in [-0.39, 0.29) is 24.8 Å². The van der Waals surface area contributed by atoms with Crippen LogP contribution in [-0.2, 0) is 9.59 Å². The van der Waals surface area contributed by atoms with Gasteiger partial charge >= 0.3 is 0 Å². The maximum atomic E-state index is 12.5. The zero-order valence-electron chi connectivity index (χ0n) is 13.4. The summed E-state index contributed by atoms with van der Waals surface area (Å²) in [5.41, 5.74) is 2.72. The molecule has 25 heavy (non-hydrogen) atoms. The Kier molecular flexibility index (Phi) is 5.28. The lowest BCUT2D eigenvalue weighted by atomic mass is 9.98. The Morgan fingerprint density at radius 3 is 2.40 bits per heavy atom. The van der Waals surface area contributed by atoms with Crippen LogP contribution in [0.5, 0.6) is 0 Å². The van der Waals surface area contributed by atoms with Crippen LogP contribution in [0.4, 0.5) is 0 Å². The summed E-state index contributed by atoms with van der Waals surface area (Å²) in [6.07, 6.45) is 0.158. The summed E-state index contributed by atoms with van der Waals surface area (Å²) < 4.78 is 0.969. The van der Waals surface area contributed by atoms with Crippen molar-refractivity contribution in [3.05, 3.63) is 70.2 Å². The average molecular weight is 400 g/mol. The second-order valence-electron chi connectivity index (χ2n) is 5.79. The molecule has 2 aromatic carbocycles. The van der Waals surface area contributed by atoms with Crippen molar-refractivity contribution in [2.75, 3.05) is 0 Å². The fourth-order valence-corrected chi connectivity index (χ4v) is 3.08. The van der Waals surface area contributed by atoms with Gasteiger partial charge < -0.3 is 9.90 Å². The van der Waals surface area contributed by atoms with Gasteiger partial charge in [-0.15, -0.1) is 0 Å². The van der Waals surface area contributed by atoms with Crippen LogP contribution < -0.4 is 5.11 Å². The SMILES string of the molecule is O=C([O-])CCC(=O)N1N=C(c2ccc(Br)cc2)C[C@H]1c1ccccc1. The molecule has 1 aliphatic heterocycles. The molecule has 2 aromatic rings. The number of benzene rings is 2. The molecule has 5 nitrogen and oxygen atoms in total. The molecule has 128 valence electrons. The highest BCUT2D eigenvalue weighted by molar-refractivity contribution is 9.10. The molecule has 0 aromatic heterocycles. The van der Waals surface area contributed by atoms with Gasteiger partial charge in [0.2, 0.25) is 5.91 Å². The van der Waals surface area contributed by atoms with E-state index in [1.54, 1.807) is 0 Å². The van der Waals surface area contributed by atoms with Crippen LogP contribution in [0.3, 0.4) is 0 Å². The third-order valence-corrected chi connectivity index (χ3v) is 4.60. The van der Waals surface area contributed by atoms with Crippen molar-refractivity contribution in [1.29, 1.82) is 0 Å². The summed E-state index contributed by atoms with van der Waals surface area (Å²) in [6, 6.07) is 17.2. The van der Waals surface area contributed by atoms with E-state index in [0.29, 0.717) is 6.42 Å². The summed E-state index contributed by atoms with van der Waals surface area (Å²) in [5.74, 6) is -1.55. The van der Waals surface area contributed by atoms with Crippen LogP contribution in [0.15, 0.2) is 64.2 Å². The minimum absolute atomic E-state index is 0.122. The fourth-order valence-electron chi connectivity index (χ4n) is 2.82.